The molecule has 1 amide bonds. The number of carbonyl (C=O) groups is 2. The number of rotatable bonds is 17. The summed E-state index contributed by atoms with van der Waals surface area (Å²) in [5.74, 6) is 0.0718. The smallest absolute Gasteiger partial charge is 0.358 e. The molecular weight excluding hydrogens is 577 g/mol. The molecule has 0 aliphatic heterocycles. The maximum Gasteiger partial charge on any atom is 0.358 e. The third kappa shape index (κ3) is 10.6. The fraction of sp³-hybridized carbons (Fsp3) is 0.500. The summed E-state index contributed by atoms with van der Waals surface area (Å²) in [7, 11) is 0.354. The van der Waals surface area contributed by atoms with Crippen molar-refractivity contribution in [1.29, 1.82) is 0 Å². The first-order valence-electron chi connectivity index (χ1n) is 13.9. The number of esters is 1. The summed E-state index contributed by atoms with van der Waals surface area (Å²) in [5, 5.41) is 2.73. The van der Waals surface area contributed by atoms with Gasteiger partial charge in [-0.1, -0.05) is 37.8 Å². The van der Waals surface area contributed by atoms with Gasteiger partial charge in [-0.3, -0.25) is 4.79 Å². The van der Waals surface area contributed by atoms with E-state index in [1.54, 1.807) is 30.3 Å². The molecule has 0 spiro atoms. The average Bonchev–Trinajstić information content (AvgIpc) is 3.59. The third-order valence-corrected chi connectivity index (χ3v) is 9.93. The van der Waals surface area contributed by atoms with E-state index in [1.807, 2.05) is 37.3 Å². The molecule has 11 heteroatoms. The van der Waals surface area contributed by atoms with Crippen molar-refractivity contribution < 1.29 is 28.5 Å². The SMILES string of the molecule is CCOC(=O)c1nc(CN(CCCc2cccs2)C(=O)[C@H](OCOCC[Si](C)(C)C)c2ccc(OC)cc2)sc1C. The van der Waals surface area contributed by atoms with Gasteiger partial charge in [0.2, 0.25) is 0 Å². The summed E-state index contributed by atoms with van der Waals surface area (Å²) in [6.07, 6.45) is 0.782. The zero-order valence-corrected chi connectivity index (χ0v) is 27.6. The van der Waals surface area contributed by atoms with E-state index >= 15 is 0 Å². The molecule has 0 radical (unpaired) electrons. The summed E-state index contributed by atoms with van der Waals surface area (Å²) in [4.78, 5) is 34.9. The Morgan fingerprint density at radius 2 is 1.88 bits per heavy atom. The van der Waals surface area contributed by atoms with E-state index in [1.165, 1.54) is 16.2 Å². The van der Waals surface area contributed by atoms with E-state index in [0.717, 1.165) is 29.3 Å². The second-order valence-electron chi connectivity index (χ2n) is 10.8. The van der Waals surface area contributed by atoms with Crippen molar-refractivity contribution in [2.45, 2.75) is 65.0 Å². The zero-order valence-electron chi connectivity index (χ0n) is 24.9. The lowest BCUT2D eigenvalue weighted by Crippen LogP contribution is -2.37. The Morgan fingerprint density at radius 3 is 2.51 bits per heavy atom. The topological polar surface area (TPSA) is 87.2 Å². The number of aryl methyl sites for hydroxylation is 2. The minimum absolute atomic E-state index is 0.0132. The molecule has 0 fully saturated rings. The number of amides is 1. The summed E-state index contributed by atoms with van der Waals surface area (Å²) in [5.41, 5.74) is 1.02. The van der Waals surface area contributed by atoms with Crippen LogP contribution in [0.25, 0.3) is 0 Å². The summed E-state index contributed by atoms with van der Waals surface area (Å²) < 4.78 is 22.4. The van der Waals surface area contributed by atoms with Gasteiger partial charge < -0.3 is 23.8 Å². The Balaban J connectivity index is 1.82. The number of hydrogen-bond donors (Lipinski definition) is 0. The minimum atomic E-state index is -1.25. The molecule has 0 saturated carbocycles. The van der Waals surface area contributed by atoms with E-state index in [2.05, 4.69) is 36.1 Å². The van der Waals surface area contributed by atoms with Crippen molar-refractivity contribution in [2.24, 2.45) is 0 Å². The van der Waals surface area contributed by atoms with Crippen LogP contribution in [0.5, 0.6) is 5.75 Å². The largest absolute Gasteiger partial charge is 0.497 e. The number of ether oxygens (including phenoxy) is 4. The van der Waals surface area contributed by atoms with E-state index in [-0.39, 0.29) is 25.9 Å². The van der Waals surface area contributed by atoms with E-state index < -0.39 is 20.1 Å². The monoisotopic (exact) mass is 618 g/mol. The Morgan fingerprint density at radius 1 is 1.12 bits per heavy atom. The van der Waals surface area contributed by atoms with Gasteiger partial charge in [-0.25, -0.2) is 9.78 Å². The van der Waals surface area contributed by atoms with Crippen LogP contribution in [0.15, 0.2) is 41.8 Å². The predicted molar refractivity (Wildman–Crippen MR) is 167 cm³/mol. The number of aromatic nitrogens is 1. The van der Waals surface area contributed by atoms with Crippen molar-refractivity contribution in [3.8, 4) is 5.75 Å². The Labute approximate surface area is 252 Å². The average molecular weight is 619 g/mol. The lowest BCUT2D eigenvalue weighted by atomic mass is 10.1. The van der Waals surface area contributed by atoms with Crippen LogP contribution in [0.1, 0.15) is 50.3 Å². The van der Waals surface area contributed by atoms with Gasteiger partial charge in [0.25, 0.3) is 5.91 Å². The first-order chi connectivity index (χ1) is 19.6. The van der Waals surface area contributed by atoms with Crippen LogP contribution in [0.4, 0.5) is 0 Å². The molecule has 0 unspecified atom stereocenters. The predicted octanol–water partition coefficient (Wildman–Crippen LogP) is 6.73. The van der Waals surface area contributed by atoms with E-state index in [4.69, 9.17) is 18.9 Å². The second-order valence-corrected chi connectivity index (χ2v) is 18.8. The van der Waals surface area contributed by atoms with Gasteiger partial charge in [0.1, 0.15) is 17.6 Å². The number of hydrogen-bond acceptors (Lipinski definition) is 9. The van der Waals surface area contributed by atoms with Gasteiger partial charge in [0, 0.05) is 31.0 Å². The highest BCUT2D eigenvalue weighted by molar-refractivity contribution is 7.11. The molecule has 0 saturated heterocycles. The second kappa shape index (κ2) is 16.2. The highest BCUT2D eigenvalue weighted by Crippen LogP contribution is 2.26. The minimum Gasteiger partial charge on any atom is -0.497 e. The highest BCUT2D eigenvalue weighted by Gasteiger charge is 2.29. The van der Waals surface area contributed by atoms with Crippen LogP contribution in [-0.2, 0) is 32.0 Å². The molecule has 0 bridgehead atoms. The summed E-state index contributed by atoms with van der Waals surface area (Å²) in [6, 6.07) is 12.5. The van der Waals surface area contributed by atoms with E-state index in [9.17, 15) is 9.59 Å². The highest BCUT2D eigenvalue weighted by atomic mass is 32.1. The number of nitrogens with zero attached hydrogens (tertiary/aromatic N) is 2. The normalized spacial score (nSPS) is 12.2. The summed E-state index contributed by atoms with van der Waals surface area (Å²) >= 11 is 3.11. The summed E-state index contributed by atoms with van der Waals surface area (Å²) in [6.45, 7) is 12.2. The maximum atomic E-state index is 14.2. The molecule has 2 aromatic heterocycles. The standard InChI is InChI=1S/C30H42N2O6S2Si/c1-7-37-30(34)27-22(2)40-26(31-27)20-32(16-8-10-25-11-9-18-39-25)29(33)28(23-12-14-24(35-3)15-13-23)38-21-36-17-19-41(4,5)6/h9,11-15,18,28H,7-8,10,16-17,19-21H2,1-6H3/t28-/m1/s1. The lowest BCUT2D eigenvalue weighted by Gasteiger charge is -2.27. The molecule has 41 heavy (non-hydrogen) atoms. The number of thiazole rings is 1. The fourth-order valence-electron chi connectivity index (χ4n) is 4.05. The van der Waals surface area contributed by atoms with Crippen LogP contribution < -0.4 is 4.74 Å². The van der Waals surface area contributed by atoms with Crippen LogP contribution in [0.3, 0.4) is 0 Å². The van der Waals surface area contributed by atoms with Crippen molar-refractivity contribution >= 4 is 42.6 Å². The molecule has 0 aliphatic carbocycles. The quantitative estimate of drug-likeness (QED) is 0.0718. The number of carbonyl (C=O) groups excluding carboxylic acids is 2. The zero-order chi connectivity index (χ0) is 29.8. The maximum absolute atomic E-state index is 14.2. The number of thiophene rings is 1. The first kappa shape index (κ1) is 32.9. The molecule has 2 heterocycles. The van der Waals surface area contributed by atoms with Crippen molar-refractivity contribution in [1.82, 2.24) is 9.88 Å². The molecule has 0 aliphatic rings. The molecule has 1 atom stereocenters. The van der Waals surface area contributed by atoms with Gasteiger partial charge in [-0.05, 0) is 61.9 Å². The molecule has 224 valence electrons. The number of benzene rings is 1. The van der Waals surface area contributed by atoms with Gasteiger partial charge in [-0.2, -0.15) is 0 Å². The van der Waals surface area contributed by atoms with Gasteiger partial charge in [-0.15, -0.1) is 22.7 Å². The van der Waals surface area contributed by atoms with Crippen LogP contribution in [0.2, 0.25) is 25.7 Å². The first-order valence-corrected chi connectivity index (χ1v) is 19.3. The van der Waals surface area contributed by atoms with Gasteiger partial charge in [0.15, 0.2) is 11.8 Å². The molecule has 0 N–H and O–H groups in total. The van der Waals surface area contributed by atoms with Crippen molar-refractivity contribution in [3.05, 3.63) is 67.8 Å². The van der Waals surface area contributed by atoms with Crippen LogP contribution in [-0.4, -0.2) is 63.5 Å². The number of methoxy groups -OCH3 is 1. The Bertz CT molecular complexity index is 1220. The fourth-order valence-corrected chi connectivity index (χ4v) is 6.49. The molecule has 1 aromatic carbocycles. The van der Waals surface area contributed by atoms with Gasteiger partial charge >= 0.3 is 5.97 Å². The Kier molecular flexibility index (Phi) is 13.0. The van der Waals surface area contributed by atoms with Crippen molar-refractivity contribution in [3.63, 3.8) is 0 Å². The molecular formula is C30H42N2O6S2Si. The molecule has 3 aromatic rings. The van der Waals surface area contributed by atoms with Crippen LogP contribution in [0, 0.1) is 6.92 Å². The van der Waals surface area contributed by atoms with Crippen LogP contribution >= 0.6 is 22.7 Å². The van der Waals surface area contributed by atoms with Gasteiger partial charge in [0.05, 0.1) is 20.3 Å². The van der Waals surface area contributed by atoms with E-state index in [0.29, 0.717) is 29.6 Å². The Hall–Kier alpha value is -2.57. The lowest BCUT2D eigenvalue weighted by molar-refractivity contribution is -0.155. The molecule has 3 rings (SSSR count). The third-order valence-electron chi connectivity index (χ3n) is 6.34. The van der Waals surface area contributed by atoms with Crippen molar-refractivity contribution in [2.75, 3.05) is 33.7 Å². The molecule has 8 nitrogen and oxygen atoms in total.